The van der Waals surface area contributed by atoms with E-state index in [1.807, 2.05) is 0 Å². The van der Waals surface area contributed by atoms with Crippen LogP contribution >= 0.6 is 11.6 Å². The Morgan fingerprint density at radius 2 is 1.81 bits per heavy atom. The van der Waals surface area contributed by atoms with Crippen molar-refractivity contribution in [3.8, 4) is 0 Å². The van der Waals surface area contributed by atoms with Crippen LogP contribution < -0.4 is 16.7 Å². The Morgan fingerprint density at radius 3 is 2.57 bits per heavy atom. The molecule has 0 atom stereocenters. The fourth-order valence-corrected chi connectivity index (χ4v) is 3.80. The Balaban J connectivity index is 1.62. The predicted octanol–water partition coefficient (Wildman–Crippen LogP) is 1.73. The van der Waals surface area contributed by atoms with Gasteiger partial charge >= 0.3 is 11.4 Å². The summed E-state index contributed by atoms with van der Waals surface area (Å²) in [6.45, 7) is -4.11. The van der Waals surface area contributed by atoms with Crippen LogP contribution in [0.4, 0.5) is 24.8 Å². The van der Waals surface area contributed by atoms with Crippen LogP contribution in [0.25, 0.3) is 10.9 Å². The van der Waals surface area contributed by atoms with Crippen molar-refractivity contribution in [2.75, 3.05) is 5.32 Å². The molecule has 3 heterocycles. The van der Waals surface area contributed by atoms with Gasteiger partial charge in [0.15, 0.2) is 17.5 Å². The van der Waals surface area contributed by atoms with E-state index in [1.54, 1.807) is 24.0 Å². The van der Waals surface area contributed by atoms with Gasteiger partial charge in [-0.3, -0.25) is 9.25 Å². The highest BCUT2D eigenvalue weighted by atomic mass is 35.5. The number of tetrazole rings is 1. The lowest BCUT2D eigenvalue weighted by atomic mass is 10.2. The molecule has 0 saturated carbocycles. The average molecular weight is 536 g/mol. The summed E-state index contributed by atoms with van der Waals surface area (Å²) in [4.78, 5) is 30.6. The highest BCUT2D eigenvalue weighted by molar-refractivity contribution is 6.34. The highest BCUT2D eigenvalue weighted by Crippen LogP contribution is 2.29. The Labute approximate surface area is 213 Å². The van der Waals surface area contributed by atoms with Crippen molar-refractivity contribution in [1.29, 1.82) is 0 Å². The van der Waals surface area contributed by atoms with Crippen LogP contribution in [0.2, 0.25) is 5.02 Å². The number of hydrogen-bond donors (Lipinski definition) is 1. The van der Waals surface area contributed by atoms with Crippen molar-refractivity contribution in [3.63, 3.8) is 0 Å². The third-order valence-electron chi connectivity index (χ3n) is 5.28. The average Bonchev–Trinajstić information content (AvgIpc) is 3.48. The summed E-state index contributed by atoms with van der Waals surface area (Å²) in [6.07, 6.45) is 1.69. The molecule has 37 heavy (non-hydrogen) atoms. The van der Waals surface area contributed by atoms with E-state index in [-0.39, 0.29) is 16.5 Å². The van der Waals surface area contributed by atoms with Gasteiger partial charge in [-0.25, -0.2) is 27.3 Å². The van der Waals surface area contributed by atoms with Gasteiger partial charge in [-0.15, -0.1) is 10.2 Å². The molecule has 0 unspecified atom stereocenters. The summed E-state index contributed by atoms with van der Waals surface area (Å²) < 4.78 is 66.9. The first kappa shape index (κ1) is 20.6. The molecule has 0 aliphatic rings. The molecular weight excluding hydrogens is 517 g/mol. The molecule has 0 bridgehead atoms. The van der Waals surface area contributed by atoms with Gasteiger partial charge in [0.2, 0.25) is 5.95 Å². The largest absolute Gasteiger partial charge is 0.355 e. The number of rotatable bonds is 6. The summed E-state index contributed by atoms with van der Waals surface area (Å²) in [5.41, 5.74) is -1.88. The van der Waals surface area contributed by atoms with Crippen LogP contribution in [-0.2, 0) is 27.1 Å². The molecule has 0 radical (unpaired) electrons. The van der Waals surface area contributed by atoms with Crippen molar-refractivity contribution in [1.82, 2.24) is 44.1 Å². The minimum absolute atomic E-state index is 0.140. The van der Waals surface area contributed by atoms with Crippen molar-refractivity contribution in [3.05, 3.63) is 85.3 Å². The lowest BCUT2D eigenvalue weighted by Gasteiger charge is -2.16. The van der Waals surface area contributed by atoms with Crippen molar-refractivity contribution >= 4 is 34.1 Å². The van der Waals surface area contributed by atoms with Crippen LogP contribution in [0.1, 0.15) is 15.5 Å². The van der Waals surface area contributed by atoms with Gasteiger partial charge in [-0.05, 0) is 23.4 Å². The lowest BCUT2D eigenvalue weighted by molar-refractivity contribution is 0.485. The molecular formula is C21H16ClF3N10O2. The third-order valence-corrected chi connectivity index (χ3v) is 5.59. The van der Waals surface area contributed by atoms with E-state index in [9.17, 15) is 22.8 Å². The first-order valence-electron chi connectivity index (χ1n) is 11.8. The second-order valence-corrected chi connectivity index (χ2v) is 8.25. The molecule has 0 aliphatic carbocycles. The third kappa shape index (κ3) is 4.67. The first-order chi connectivity index (χ1) is 18.8. The normalized spacial score (nSPS) is 12.9. The number of aromatic nitrogens is 9. The van der Waals surface area contributed by atoms with Gasteiger partial charge in [-0.2, -0.15) is 14.9 Å². The first-order valence-corrected chi connectivity index (χ1v) is 10.7. The number of hydrogen-bond acceptors (Lipinski definition) is 8. The van der Waals surface area contributed by atoms with Crippen LogP contribution in [0.15, 0.2) is 40.1 Å². The fourth-order valence-electron chi connectivity index (χ4n) is 3.59. The number of nitrogens with zero attached hydrogens (tertiary/aromatic N) is 9. The predicted molar refractivity (Wildman–Crippen MR) is 125 cm³/mol. The van der Waals surface area contributed by atoms with Crippen LogP contribution in [0.3, 0.4) is 0 Å². The van der Waals surface area contributed by atoms with E-state index in [2.05, 4.69) is 30.8 Å². The zero-order chi connectivity index (χ0) is 28.9. The number of anilines is 2. The summed E-state index contributed by atoms with van der Waals surface area (Å²) in [6, 6.07) is 3.98. The maximum Gasteiger partial charge on any atom is 0.355 e. The van der Waals surface area contributed by atoms with Gasteiger partial charge in [0.05, 0.1) is 36.3 Å². The SMILES string of the molecule is [2H]C([2H])([2H])n1nnc(Cn2c(=O)nc(Nc3cc4cn(C)nc4cc3Cl)n(Cc3cc(F)c(F)cc3F)c2=O)n1. The van der Waals surface area contributed by atoms with E-state index in [0.717, 1.165) is 4.57 Å². The second kappa shape index (κ2) is 9.16. The Hall–Kier alpha value is -4.53. The van der Waals surface area contributed by atoms with Crippen LogP contribution in [0, 0.1) is 17.5 Å². The standard InChI is InChI=1S/C21H16ClF3N10O2/c1-32-7-11-4-17(12(22)5-16(11)29-32)26-19-27-20(36)35(9-18-28-31-33(2)30-18)21(37)34(19)8-10-3-14(24)15(25)6-13(10)23/h3-7H,8-9H2,1-2H3,(H,26,27,36)/i2D3. The number of halogens is 4. The summed E-state index contributed by atoms with van der Waals surface area (Å²) >= 11 is 6.36. The molecule has 0 aliphatic heterocycles. The van der Waals surface area contributed by atoms with E-state index in [1.165, 1.54) is 6.07 Å². The molecule has 2 aromatic carbocycles. The highest BCUT2D eigenvalue weighted by Gasteiger charge is 2.19. The van der Waals surface area contributed by atoms with Crippen molar-refractivity contribution in [2.24, 2.45) is 14.0 Å². The number of fused-ring (bicyclic) bond motifs is 1. The molecule has 3 aromatic heterocycles. The molecule has 5 rings (SSSR count). The summed E-state index contributed by atoms with van der Waals surface area (Å²) in [7, 11) is 1.70. The van der Waals surface area contributed by atoms with Crippen LogP contribution in [-0.4, -0.2) is 44.1 Å². The maximum atomic E-state index is 14.5. The maximum absolute atomic E-state index is 14.5. The van der Waals surface area contributed by atoms with E-state index >= 15 is 0 Å². The molecule has 0 saturated heterocycles. The van der Waals surface area contributed by atoms with Gasteiger partial charge in [0, 0.05) is 34.4 Å². The van der Waals surface area contributed by atoms with Crippen molar-refractivity contribution < 1.29 is 17.3 Å². The monoisotopic (exact) mass is 535 g/mol. The smallest absolute Gasteiger partial charge is 0.324 e. The van der Waals surface area contributed by atoms with Gasteiger partial charge < -0.3 is 5.32 Å². The van der Waals surface area contributed by atoms with Gasteiger partial charge in [0.1, 0.15) is 5.82 Å². The van der Waals surface area contributed by atoms with Gasteiger partial charge in [-0.1, -0.05) is 11.6 Å². The molecule has 16 heteroatoms. The lowest BCUT2D eigenvalue weighted by Crippen LogP contribution is -2.43. The zero-order valence-corrected chi connectivity index (χ0v) is 19.4. The summed E-state index contributed by atoms with van der Waals surface area (Å²) in [5, 5.41) is 18.3. The molecule has 0 spiro atoms. The Kier molecular flexibility index (Phi) is 5.11. The fraction of sp³-hybridized carbons (Fsp3) is 0.190. The quantitative estimate of drug-likeness (QED) is 0.325. The minimum Gasteiger partial charge on any atom is -0.324 e. The Bertz CT molecular complexity index is 1900. The van der Waals surface area contributed by atoms with E-state index < -0.39 is 60.4 Å². The van der Waals surface area contributed by atoms with Crippen molar-refractivity contribution in [2.45, 2.75) is 13.1 Å². The second-order valence-electron chi connectivity index (χ2n) is 7.84. The number of aryl methyl sites for hydroxylation is 2. The number of benzene rings is 2. The van der Waals surface area contributed by atoms with Gasteiger partial charge in [0.25, 0.3) is 0 Å². The van der Waals surface area contributed by atoms with E-state index in [4.69, 9.17) is 15.7 Å². The summed E-state index contributed by atoms with van der Waals surface area (Å²) in [5.74, 6) is -4.68. The van der Waals surface area contributed by atoms with E-state index in [0.29, 0.717) is 32.4 Å². The number of nitrogens with one attached hydrogen (secondary N) is 1. The molecule has 0 amide bonds. The Morgan fingerprint density at radius 1 is 1.03 bits per heavy atom. The minimum atomic E-state index is -2.76. The molecule has 190 valence electrons. The molecule has 1 N–H and O–H groups in total. The molecule has 0 fully saturated rings. The zero-order valence-electron chi connectivity index (χ0n) is 21.7. The topological polar surface area (TPSA) is 130 Å². The van der Waals surface area contributed by atoms with Crippen LogP contribution in [0.5, 0.6) is 0 Å². The molecule has 5 aromatic rings. The molecule has 12 nitrogen and oxygen atoms in total.